The minimum atomic E-state index is 0.284. The number of carbonyl (C=O) groups is 2. The lowest BCUT2D eigenvalue weighted by Crippen LogP contribution is -2.40. The third-order valence-electron chi connectivity index (χ3n) is 4.86. The number of aldehydes is 1. The minimum absolute atomic E-state index is 0.284. The third kappa shape index (κ3) is 8.92. The van der Waals surface area contributed by atoms with Gasteiger partial charge in [-0.05, 0) is 38.5 Å². The number of amides is 1. The first-order chi connectivity index (χ1) is 11.3. The van der Waals surface area contributed by atoms with E-state index >= 15 is 0 Å². The smallest absolute Gasteiger partial charge is 0.222 e. The molecule has 0 N–H and O–H groups in total. The van der Waals surface area contributed by atoms with Crippen molar-refractivity contribution in [2.45, 2.75) is 95.9 Å². The Morgan fingerprint density at radius 1 is 0.957 bits per heavy atom. The van der Waals surface area contributed by atoms with E-state index in [1.54, 1.807) is 0 Å². The van der Waals surface area contributed by atoms with E-state index in [-0.39, 0.29) is 6.04 Å². The van der Waals surface area contributed by atoms with Crippen LogP contribution in [0.3, 0.4) is 0 Å². The van der Waals surface area contributed by atoms with Crippen molar-refractivity contribution >= 4 is 12.2 Å². The van der Waals surface area contributed by atoms with E-state index in [4.69, 9.17) is 0 Å². The lowest BCUT2D eigenvalue weighted by atomic mass is 10.0. The molecular formula is C20H35NO2. The number of allylic oxidation sites excluding steroid dienone is 1. The van der Waals surface area contributed by atoms with Gasteiger partial charge in [-0.3, -0.25) is 4.79 Å². The zero-order valence-electron chi connectivity index (χ0n) is 14.8. The molecule has 0 aromatic rings. The highest BCUT2D eigenvalue weighted by molar-refractivity contribution is 5.76. The Balaban J connectivity index is 2.28. The van der Waals surface area contributed by atoms with Crippen LogP contribution < -0.4 is 0 Å². The molecular weight excluding hydrogens is 286 g/mol. The van der Waals surface area contributed by atoms with Crippen LogP contribution in [0.4, 0.5) is 0 Å². The standard InChI is InChI=1S/C20H35NO2/c1-2-3-4-5-6-7-8-10-14-19(15-13-18-22)21-17-12-9-11-16-20(21)23/h2,18-19H,1,3-17H2. The predicted molar refractivity (Wildman–Crippen MR) is 96.4 cm³/mol. The Hall–Kier alpha value is -1.12. The molecule has 0 bridgehead atoms. The summed E-state index contributed by atoms with van der Waals surface area (Å²) < 4.78 is 0. The molecule has 132 valence electrons. The molecule has 1 rings (SSSR count). The molecule has 1 aliphatic rings. The topological polar surface area (TPSA) is 37.4 Å². The summed E-state index contributed by atoms with van der Waals surface area (Å²) in [5, 5.41) is 0. The van der Waals surface area contributed by atoms with E-state index in [2.05, 4.69) is 11.5 Å². The number of hydrogen-bond acceptors (Lipinski definition) is 2. The summed E-state index contributed by atoms with van der Waals surface area (Å²) in [4.78, 5) is 25.1. The Labute approximate surface area is 142 Å². The average Bonchev–Trinajstić information content (AvgIpc) is 2.77. The number of unbranched alkanes of at least 4 members (excludes halogenated alkanes) is 6. The van der Waals surface area contributed by atoms with E-state index in [1.165, 1.54) is 38.5 Å². The fourth-order valence-corrected chi connectivity index (χ4v) is 3.48. The molecule has 1 atom stereocenters. The molecule has 3 heteroatoms. The van der Waals surface area contributed by atoms with Gasteiger partial charge >= 0.3 is 0 Å². The van der Waals surface area contributed by atoms with Gasteiger partial charge in [0.1, 0.15) is 6.29 Å². The highest BCUT2D eigenvalue weighted by Gasteiger charge is 2.24. The van der Waals surface area contributed by atoms with Gasteiger partial charge < -0.3 is 9.69 Å². The van der Waals surface area contributed by atoms with Crippen molar-refractivity contribution in [3.05, 3.63) is 12.7 Å². The number of rotatable bonds is 13. The van der Waals surface area contributed by atoms with E-state index in [1.807, 2.05) is 6.08 Å². The molecule has 1 saturated heterocycles. The van der Waals surface area contributed by atoms with Crippen molar-refractivity contribution in [3.8, 4) is 0 Å². The van der Waals surface area contributed by atoms with Crippen LogP contribution in [0.2, 0.25) is 0 Å². The molecule has 23 heavy (non-hydrogen) atoms. The van der Waals surface area contributed by atoms with Crippen molar-refractivity contribution < 1.29 is 9.59 Å². The molecule has 0 saturated carbocycles. The first-order valence-electron chi connectivity index (χ1n) is 9.63. The van der Waals surface area contributed by atoms with Gasteiger partial charge in [0.15, 0.2) is 0 Å². The SMILES string of the molecule is C=CCCCCCCCCC(CCC=O)N1CCCCCC1=O. The lowest BCUT2D eigenvalue weighted by molar-refractivity contribution is -0.133. The minimum Gasteiger partial charge on any atom is -0.340 e. The van der Waals surface area contributed by atoms with Crippen LogP contribution in [-0.2, 0) is 9.59 Å². The summed E-state index contributed by atoms with van der Waals surface area (Å²) in [7, 11) is 0. The van der Waals surface area contributed by atoms with Gasteiger partial charge in [0.25, 0.3) is 0 Å². The fraction of sp³-hybridized carbons (Fsp3) is 0.800. The van der Waals surface area contributed by atoms with Gasteiger partial charge in [-0.2, -0.15) is 0 Å². The Morgan fingerprint density at radius 3 is 2.43 bits per heavy atom. The van der Waals surface area contributed by atoms with Gasteiger partial charge in [0, 0.05) is 25.4 Å². The average molecular weight is 322 g/mol. The number of hydrogen-bond donors (Lipinski definition) is 0. The zero-order chi connectivity index (χ0) is 16.8. The van der Waals surface area contributed by atoms with Crippen molar-refractivity contribution in [3.63, 3.8) is 0 Å². The predicted octanol–water partition coefficient (Wildman–Crippen LogP) is 5.04. The molecule has 1 fully saturated rings. The van der Waals surface area contributed by atoms with Gasteiger partial charge in [-0.25, -0.2) is 0 Å². The normalized spacial score (nSPS) is 16.9. The van der Waals surface area contributed by atoms with Crippen LogP contribution in [-0.4, -0.2) is 29.7 Å². The highest BCUT2D eigenvalue weighted by Crippen LogP contribution is 2.21. The summed E-state index contributed by atoms with van der Waals surface area (Å²) >= 11 is 0. The second-order valence-corrected chi connectivity index (χ2v) is 6.78. The maximum atomic E-state index is 12.3. The summed E-state index contributed by atoms with van der Waals surface area (Å²) in [6, 6.07) is 0.284. The van der Waals surface area contributed by atoms with E-state index < -0.39 is 0 Å². The second-order valence-electron chi connectivity index (χ2n) is 6.78. The van der Waals surface area contributed by atoms with Crippen LogP contribution >= 0.6 is 0 Å². The summed E-state index contributed by atoms with van der Waals surface area (Å²) in [6.07, 6.45) is 18.2. The fourth-order valence-electron chi connectivity index (χ4n) is 3.48. The molecule has 1 unspecified atom stereocenters. The van der Waals surface area contributed by atoms with Gasteiger partial charge in [0.05, 0.1) is 0 Å². The quantitative estimate of drug-likeness (QED) is 0.271. The number of nitrogens with zero attached hydrogens (tertiary/aromatic N) is 1. The summed E-state index contributed by atoms with van der Waals surface area (Å²) in [5.41, 5.74) is 0. The Kier molecular flexibility index (Phi) is 11.5. The van der Waals surface area contributed by atoms with E-state index in [9.17, 15) is 9.59 Å². The maximum absolute atomic E-state index is 12.3. The molecule has 0 radical (unpaired) electrons. The van der Waals surface area contributed by atoms with E-state index in [0.717, 1.165) is 51.4 Å². The van der Waals surface area contributed by atoms with Crippen molar-refractivity contribution in [2.24, 2.45) is 0 Å². The third-order valence-corrected chi connectivity index (χ3v) is 4.86. The van der Waals surface area contributed by atoms with Gasteiger partial charge in [0.2, 0.25) is 5.91 Å². The van der Waals surface area contributed by atoms with Crippen LogP contribution in [0.1, 0.15) is 89.9 Å². The molecule has 1 heterocycles. The molecule has 3 nitrogen and oxygen atoms in total. The first kappa shape index (κ1) is 19.9. The van der Waals surface area contributed by atoms with Crippen LogP contribution in [0, 0.1) is 0 Å². The monoisotopic (exact) mass is 321 g/mol. The lowest BCUT2D eigenvalue weighted by Gasteiger charge is -2.31. The Bertz CT molecular complexity index is 341. The van der Waals surface area contributed by atoms with Crippen LogP contribution in [0.25, 0.3) is 0 Å². The van der Waals surface area contributed by atoms with Crippen LogP contribution in [0.5, 0.6) is 0 Å². The maximum Gasteiger partial charge on any atom is 0.222 e. The van der Waals surface area contributed by atoms with E-state index in [0.29, 0.717) is 18.7 Å². The Morgan fingerprint density at radius 2 is 1.70 bits per heavy atom. The van der Waals surface area contributed by atoms with Gasteiger partial charge in [-0.1, -0.05) is 44.6 Å². The summed E-state index contributed by atoms with van der Waals surface area (Å²) in [6.45, 7) is 4.64. The zero-order valence-corrected chi connectivity index (χ0v) is 14.8. The summed E-state index contributed by atoms with van der Waals surface area (Å²) in [5.74, 6) is 0.308. The largest absolute Gasteiger partial charge is 0.340 e. The molecule has 0 aromatic heterocycles. The molecule has 1 amide bonds. The molecule has 0 aliphatic carbocycles. The first-order valence-corrected chi connectivity index (χ1v) is 9.63. The van der Waals surface area contributed by atoms with Crippen molar-refractivity contribution in [1.82, 2.24) is 4.90 Å². The molecule has 0 aromatic carbocycles. The van der Waals surface area contributed by atoms with Crippen molar-refractivity contribution in [1.29, 1.82) is 0 Å². The number of likely N-dealkylation sites (tertiary alicyclic amines) is 1. The van der Waals surface area contributed by atoms with Crippen molar-refractivity contribution in [2.75, 3.05) is 6.54 Å². The highest BCUT2D eigenvalue weighted by atomic mass is 16.2. The van der Waals surface area contributed by atoms with Crippen LogP contribution in [0.15, 0.2) is 12.7 Å². The molecule has 0 spiro atoms. The second kappa shape index (κ2) is 13.3. The molecule has 1 aliphatic heterocycles. The number of carbonyl (C=O) groups excluding carboxylic acids is 2. The van der Waals surface area contributed by atoms with Gasteiger partial charge in [-0.15, -0.1) is 6.58 Å².